The Morgan fingerprint density at radius 2 is 2.25 bits per heavy atom. The molecule has 4 nitrogen and oxygen atoms in total. The highest BCUT2D eigenvalue weighted by Crippen LogP contribution is 2.11. The first-order valence-electron chi connectivity index (χ1n) is 3.50. The number of aromatic nitrogens is 3. The van der Waals surface area contributed by atoms with Crippen molar-refractivity contribution < 1.29 is 5.11 Å². The molecular formula is C8H7N3O. The molecule has 0 aliphatic carbocycles. The first-order chi connectivity index (χ1) is 5.86. The Morgan fingerprint density at radius 1 is 1.33 bits per heavy atom. The van der Waals surface area contributed by atoms with Gasteiger partial charge in [0.1, 0.15) is 5.75 Å². The van der Waals surface area contributed by atoms with Crippen molar-refractivity contribution in [1.82, 2.24) is 14.8 Å². The maximum Gasteiger partial charge on any atom is 0.136 e. The van der Waals surface area contributed by atoms with E-state index in [1.54, 1.807) is 29.3 Å². The van der Waals surface area contributed by atoms with Gasteiger partial charge in [-0.3, -0.25) is 4.98 Å². The summed E-state index contributed by atoms with van der Waals surface area (Å²) in [6.45, 7) is 0. The van der Waals surface area contributed by atoms with Gasteiger partial charge in [0.05, 0.1) is 18.1 Å². The van der Waals surface area contributed by atoms with Gasteiger partial charge in [0.2, 0.25) is 0 Å². The lowest BCUT2D eigenvalue weighted by Crippen LogP contribution is -1.93. The van der Waals surface area contributed by atoms with E-state index in [1.807, 2.05) is 6.07 Å². The Morgan fingerprint density at radius 3 is 2.92 bits per heavy atom. The molecule has 1 N–H and O–H groups in total. The van der Waals surface area contributed by atoms with E-state index in [2.05, 4.69) is 10.1 Å². The maximum atomic E-state index is 9.11. The van der Waals surface area contributed by atoms with E-state index in [4.69, 9.17) is 5.11 Å². The molecule has 12 heavy (non-hydrogen) atoms. The van der Waals surface area contributed by atoms with Crippen LogP contribution in [0.1, 0.15) is 0 Å². The second kappa shape index (κ2) is 2.65. The van der Waals surface area contributed by atoms with Crippen LogP contribution < -0.4 is 0 Å². The largest absolute Gasteiger partial charge is 0.506 e. The SMILES string of the molecule is Oc1cncc(-n2cccn2)c1. The van der Waals surface area contributed by atoms with Crippen LogP contribution in [0, 0.1) is 0 Å². The van der Waals surface area contributed by atoms with Gasteiger partial charge in [-0.05, 0) is 6.07 Å². The number of pyridine rings is 1. The fourth-order valence-electron chi connectivity index (χ4n) is 0.963. The molecule has 0 spiro atoms. The monoisotopic (exact) mass is 161 g/mol. The molecule has 4 heteroatoms. The van der Waals surface area contributed by atoms with Gasteiger partial charge in [-0.15, -0.1) is 0 Å². The lowest BCUT2D eigenvalue weighted by Gasteiger charge is -1.99. The third-order valence-corrected chi connectivity index (χ3v) is 1.48. The fraction of sp³-hybridized carbons (Fsp3) is 0. The summed E-state index contributed by atoms with van der Waals surface area (Å²) in [5, 5.41) is 13.1. The average molecular weight is 161 g/mol. The van der Waals surface area contributed by atoms with Crippen LogP contribution in [0.2, 0.25) is 0 Å². The quantitative estimate of drug-likeness (QED) is 0.678. The predicted molar refractivity (Wildman–Crippen MR) is 43.0 cm³/mol. The average Bonchev–Trinajstić information content (AvgIpc) is 2.56. The third kappa shape index (κ3) is 1.14. The van der Waals surface area contributed by atoms with Crippen molar-refractivity contribution in [2.75, 3.05) is 0 Å². The van der Waals surface area contributed by atoms with Crippen molar-refractivity contribution in [3.8, 4) is 11.4 Å². The molecule has 0 aromatic carbocycles. The molecule has 60 valence electrons. The molecule has 2 rings (SSSR count). The van der Waals surface area contributed by atoms with Crippen molar-refractivity contribution in [2.24, 2.45) is 0 Å². The van der Waals surface area contributed by atoms with Gasteiger partial charge in [0, 0.05) is 18.5 Å². The standard InChI is InChI=1S/C8H7N3O/c12-8-4-7(5-9-6-8)11-3-1-2-10-11/h1-6,12H. The van der Waals surface area contributed by atoms with E-state index in [-0.39, 0.29) is 5.75 Å². The third-order valence-electron chi connectivity index (χ3n) is 1.48. The second-order valence-electron chi connectivity index (χ2n) is 2.35. The van der Waals surface area contributed by atoms with E-state index in [9.17, 15) is 0 Å². The molecule has 2 aromatic heterocycles. The second-order valence-corrected chi connectivity index (χ2v) is 2.35. The highest BCUT2D eigenvalue weighted by Gasteiger charge is 1.96. The Balaban J connectivity index is 2.48. The molecule has 0 atom stereocenters. The molecule has 0 aliphatic heterocycles. The van der Waals surface area contributed by atoms with E-state index in [1.165, 1.54) is 6.20 Å². The van der Waals surface area contributed by atoms with E-state index < -0.39 is 0 Å². The van der Waals surface area contributed by atoms with Gasteiger partial charge < -0.3 is 5.11 Å². The molecule has 0 unspecified atom stereocenters. The number of rotatable bonds is 1. The van der Waals surface area contributed by atoms with Crippen LogP contribution in [-0.2, 0) is 0 Å². The van der Waals surface area contributed by atoms with Gasteiger partial charge in [0.15, 0.2) is 0 Å². The first kappa shape index (κ1) is 6.84. The van der Waals surface area contributed by atoms with Gasteiger partial charge in [-0.25, -0.2) is 4.68 Å². The highest BCUT2D eigenvalue weighted by atomic mass is 16.3. The number of hydrogen-bond acceptors (Lipinski definition) is 3. The first-order valence-corrected chi connectivity index (χ1v) is 3.50. The summed E-state index contributed by atoms with van der Waals surface area (Å²) in [5.74, 6) is 0.142. The van der Waals surface area contributed by atoms with Crippen LogP contribution in [0.5, 0.6) is 5.75 Å². The summed E-state index contributed by atoms with van der Waals surface area (Å²) in [5.41, 5.74) is 0.750. The summed E-state index contributed by atoms with van der Waals surface area (Å²) in [7, 11) is 0. The minimum absolute atomic E-state index is 0.142. The predicted octanol–water partition coefficient (Wildman–Crippen LogP) is 0.973. The Bertz CT molecular complexity index is 370. The van der Waals surface area contributed by atoms with Gasteiger partial charge in [0.25, 0.3) is 0 Å². The molecule has 0 saturated carbocycles. The van der Waals surface area contributed by atoms with Crippen LogP contribution in [0.4, 0.5) is 0 Å². The van der Waals surface area contributed by atoms with Crippen LogP contribution >= 0.6 is 0 Å². The Kier molecular flexibility index (Phi) is 1.51. The summed E-state index contributed by atoms with van der Waals surface area (Å²) in [6.07, 6.45) is 6.47. The smallest absolute Gasteiger partial charge is 0.136 e. The lowest BCUT2D eigenvalue weighted by atomic mass is 10.4. The molecule has 2 heterocycles. The molecule has 2 aromatic rings. The minimum Gasteiger partial charge on any atom is -0.506 e. The minimum atomic E-state index is 0.142. The van der Waals surface area contributed by atoms with Crippen LogP contribution in [-0.4, -0.2) is 19.9 Å². The number of aromatic hydroxyl groups is 1. The zero-order valence-corrected chi connectivity index (χ0v) is 6.25. The topological polar surface area (TPSA) is 50.9 Å². The molecule has 0 amide bonds. The highest BCUT2D eigenvalue weighted by molar-refractivity contribution is 5.33. The van der Waals surface area contributed by atoms with Crippen molar-refractivity contribution in [1.29, 1.82) is 0 Å². The maximum absolute atomic E-state index is 9.11. The molecule has 0 saturated heterocycles. The van der Waals surface area contributed by atoms with Crippen molar-refractivity contribution in [3.05, 3.63) is 36.9 Å². The summed E-state index contributed by atoms with van der Waals surface area (Å²) in [4.78, 5) is 3.83. The van der Waals surface area contributed by atoms with Crippen LogP contribution in [0.25, 0.3) is 5.69 Å². The fourth-order valence-corrected chi connectivity index (χ4v) is 0.963. The Hall–Kier alpha value is -1.84. The summed E-state index contributed by atoms with van der Waals surface area (Å²) >= 11 is 0. The van der Waals surface area contributed by atoms with Gasteiger partial charge >= 0.3 is 0 Å². The number of nitrogens with zero attached hydrogens (tertiary/aromatic N) is 3. The van der Waals surface area contributed by atoms with E-state index >= 15 is 0 Å². The van der Waals surface area contributed by atoms with Gasteiger partial charge in [-0.1, -0.05) is 0 Å². The van der Waals surface area contributed by atoms with Crippen LogP contribution in [0.15, 0.2) is 36.9 Å². The molecule has 0 aliphatic rings. The summed E-state index contributed by atoms with van der Waals surface area (Å²) in [6, 6.07) is 3.41. The van der Waals surface area contributed by atoms with Crippen molar-refractivity contribution >= 4 is 0 Å². The zero-order chi connectivity index (χ0) is 8.39. The normalized spacial score (nSPS) is 10.0. The zero-order valence-electron chi connectivity index (χ0n) is 6.25. The van der Waals surface area contributed by atoms with Crippen molar-refractivity contribution in [3.63, 3.8) is 0 Å². The molecular weight excluding hydrogens is 154 g/mol. The summed E-state index contributed by atoms with van der Waals surface area (Å²) < 4.78 is 1.63. The Labute approximate surface area is 69.1 Å². The van der Waals surface area contributed by atoms with Crippen molar-refractivity contribution in [2.45, 2.75) is 0 Å². The van der Waals surface area contributed by atoms with E-state index in [0.717, 1.165) is 5.69 Å². The molecule has 0 fully saturated rings. The van der Waals surface area contributed by atoms with E-state index in [0.29, 0.717) is 0 Å². The van der Waals surface area contributed by atoms with Gasteiger partial charge in [-0.2, -0.15) is 5.10 Å². The lowest BCUT2D eigenvalue weighted by molar-refractivity contribution is 0.472. The van der Waals surface area contributed by atoms with Crippen LogP contribution in [0.3, 0.4) is 0 Å². The number of hydrogen-bond donors (Lipinski definition) is 1. The molecule has 0 radical (unpaired) electrons. The molecule has 0 bridgehead atoms.